The first-order chi connectivity index (χ1) is 14.2. The van der Waals surface area contributed by atoms with Gasteiger partial charge in [0.2, 0.25) is 5.91 Å². The van der Waals surface area contributed by atoms with Crippen LogP contribution in [0.1, 0.15) is 50.3 Å². The molecule has 2 aromatic rings. The number of carbonyl (C=O) groups is 1. The fraction of sp³-hybridized carbons (Fsp3) is 0.565. The molecule has 1 aromatic heterocycles. The van der Waals surface area contributed by atoms with Crippen molar-refractivity contribution in [1.82, 2.24) is 20.5 Å². The van der Waals surface area contributed by atoms with Gasteiger partial charge in [0, 0.05) is 55.7 Å². The number of amides is 1. The number of aromatic amines is 1. The van der Waals surface area contributed by atoms with E-state index in [2.05, 4.69) is 53.7 Å². The number of aromatic nitrogens is 1. The predicted molar refractivity (Wildman–Crippen MR) is 136 cm³/mol. The maximum atomic E-state index is 12.1. The minimum atomic E-state index is 0. The van der Waals surface area contributed by atoms with Gasteiger partial charge in [0.05, 0.1) is 0 Å². The van der Waals surface area contributed by atoms with E-state index in [0.29, 0.717) is 12.3 Å². The quantitative estimate of drug-likeness (QED) is 0.211. The number of nitrogens with zero attached hydrogens (tertiary/aromatic N) is 2. The van der Waals surface area contributed by atoms with E-state index in [1.807, 2.05) is 4.90 Å². The van der Waals surface area contributed by atoms with Crippen molar-refractivity contribution in [1.29, 1.82) is 0 Å². The molecule has 1 fully saturated rings. The second-order valence-corrected chi connectivity index (χ2v) is 7.76. The number of nitrogens with one attached hydrogen (secondary N) is 3. The molecular formula is C23H36IN5O. The summed E-state index contributed by atoms with van der Waals surface area (Å²) in [6.45, 7) is 8.34. The van der Waals surface area contributed by atoms with Crippen LogP contribution < -0.4 is 10.6 Å². The Hall–Kier alpha value is -1.77. The number of rotatable bonds is 8. The summed E-state index contributed by atoms with van der Waals surface area (Å²) < 4.78 is 0. The molecule has 0 saturated carbocycles. The van der Waals surface area contributed by atoms with Gasteiger partial charge in [0.25, 0.3) is 0 Å². The first kappa shape index (κ1) is 24.5. The molecule has 6 nitrogen and oxygen atoms in total. The predicted octanol–water partition coefficient (Wildman–Crippen LogP) is 3.98. The molecule has 0 unspecified atom stereocenters. The number of guanidine groups is 1. The number of hydrogen-bond acceptors (Lipinski definition) is 2. The van der Waals surface area contributed by atoms with E-state index in [4.69, 9.17) is 4.99 Å². The topological polar surface area (TPSA) is 72.5 Å². The molecule has 7 heteroatoms. The highest BCUT2D eigenvalue weighted by Gasteiger charge is 2.15. The fourth-order valence-electron chi connectivity index (χ4n) is 4.03. The van der Waals surface area contributed by atoms with Gasteiger partial charge in [-0.3, -0.25) is 9.79 Å². The molecule has 2 heterocycles. The fourth-order valence-corrected chi connectivity index (χ4v) is 4.03. The summed E-state index contributed by atoms with van der Waals surface area (Å²) in [6.07, 6.45) is 5.91. The van der Waals surface area contributed by atoms with Crippen molar-refractivity contribution in [2.75, 3.05) is 32.7 Å². The van der Waals surface area contributed by atoms with E-state index in [1.165, 1.54) is 28.6 Å². The minimum Gasteiger partial charge on any atom is -0.358 e. The summed E-state index contributed by atoms with van der Waals surface area (Å²) >= 11 is 0. The first-order valence-electron chi connectivity index (χ1n) is 11.0. The Labute approximate surface area is 197 Å². The Kier molecular flexibility index (Phi) is 10.5. The van der Waals surface area contributed by atoms with E-state index < -0.39 is 0 Å². The second kappa shape index (κ2) is 12.8. The zero-order valence-electron chi connectivity index (χ0n) is 18.3. The summed E-state index contributed by atoms with van der Waals surface area (Å²) in [4.78, 5) is 22.3. The zero-order valence-corrected chi connectivity index (χ0v) is 20.6. The first-order valence-corrected chi connectivity index (χ1v) is 11.0. The number of halogens is 1. The molecule has 166 valence electrons. The van der Waals surface area contributed by atoms with Gasteiger partial charge in [-0.1, -0.05) is 24.6 Å². The summed E-state index contributed by atoms with van der Waals surface area (Å²) in [6, 6.07) is 8.46. The third-order valence-corrected chi connectivity index (χ3v) is 5.57. The largest absolute Gasteiger partial charge is 0.358 e. The van der Waals surface area contributed by atoms with Crippen molar-refractivity contribution in [3.8, 4) is 0 Å². The van der Waals surface area contributed by atoms with Gasteiger partial charge in [-0.2, -0.15) is 0 Å². The summed E-state index contributed by atoms with van der Waals surface area (Å²) in [5, 5.41) is 8.08. The molecule has 3 rings (SSSR count). The molecule has 1 aromatic carbocycles. The van der Waals surface area contributed by atoms with Gasteiger partial charge in [-0.05, 0) is 51.2 Å². The standard InChI is InChI=1S/C23H35N5O.HI/c1-3-24-23(25-14-9-17-28-16-8-4-5-12-22(28)29)26-15-13-19-18(2)27-21-11-7-6-10-20(19)21;/h6-7,10-11,27H,3-5,8-9,12-17H2,1-2H3,(H2,24,25,26);1H. The van der Waals surface area contributed by atoms with E-state index >= 15 is 0 Å². The van der Waals surface area contributed by atoms with E-state index in [-0.39, 0.29) is 24.0 Å². The Morgan fingerprint density at radius 3 is 2.87 bits per heavy atom. The molecule has 30 heavy (non-hydrogen) atoms. The lowest BCUT2D eigenvalue weighted by molar-refractivity contribution is -0.130. The number of para-hydroxylation sites is 1. The maximum absolute atomic E-state index is 12.1. The van der Waals surface area contributed by atoms with Crippen molar-refractivity contribution >= 4 is 46.7 Å². The number of hydrogen-bond donors (Lipinski definition) is 3. The Balaban J connectivity index is 0.00000320. The number of benzene rings is 1. The van der Waals surface area contributed by atoms with Crippen molar-refractivity contribution in [3.05, 3.63) is 35.5 Å². The van der Waals surface area contributed by atoms with Crippen LogP contribution in [0.4, 0.5) is 0 Å². The van der Waals surface area contributed by atoms with Crippen LogP contribution >= 0.6 is 24.0 Å². The molecule has 0 atom stereocenters. The molecule has 1 saturated heterocycles. The number of aliphatic imine (C=N–C) groups is 1. The van der Waals surface area contributed by atoms with Gasteiger partial charge in [-0.15, -0.1) is 24.0 Å². The second-order valence-electron chi connectivity index (χ2n) is 7.76. The Morgan fingerprint density at radius 2 is 2.03 bits per heavy atom. The lowest BCUT2D eigenvalue weighted by atomic mass is 10.1. The third kappa shape index (κ3) is 6.89. The van der Waals surface area contributed by atoms with Gasteiger partial charge >= 0.3 is 0 Å². The van der Waals surface area contributed by atoms with Crippen LogP contribution in [0, 0.1) is 6.92 Å². The number of carbonyl (C=O) groups excluding carboxylic acids is 1. The molecular weight excluding hydrogens is 489 g/mol. The maximum Gasteiger partial charge on any atom is 0.222 e. The summed E-state index contributed by atoms with van der Waals surface area (Å²) in [5.74, 6) is 1.16. The molecule has 1 aliphatic rings. The number of likely N-dealkylation sites (tertiary alicyclic amines) is 1. The van der Waals surface area contributed by atoms with Crippen LogP contribution in [0.2, 0.25) is 0 Å². The van der Waals surface area contributed by atoms with Crippen LogP contribution in [0.15, 0.2) is 29.3 Å². The lowest BCUT2D eigenvalue weighted by Gasteiger charge is -2.20. The Morgan fingerprint density at radius 1 is 1.20 bits per heavy atom. The van der Waals surface area contributed by atoms with Crippen molar-refractivity contribution in [3.63, 3.8) is 0 Å². The van der Waals surface area contributed by atoms with Crippen LogP contribution in [-0.4, -0.2) is 54.5 Å². The highest BCUT2D eigenvalue weighted by molar-refractivity contribution is 14.0. The molecule has 3 N–H and O–H groups in total. The highest BCUT2D eigenvalue weighted by atomic mass is 127. The average Bonchev–Trinajstić information content (AvgIpc) is 2.89. The van der Waals surface area contributed by atoms with E-state index in [0.717, 1.165) is 64.4 Å². The van der Waals surface area contributed by atoms with E-state index in [1.54, 1.807) is 0 Å². The van der Waals surface area contributed by atoms with Gasteiger partial charge in [0.15, 0.2) is 5.96 Å². The third-order valence-electron chi connectivity index (χ3n) is 5.57. The normalized spacial score (nSPS) is 15.1. The highest BCUT2D eigenvalue weighted by Crippen LogP contribution is 2.21. The molecule has 0 bridgehead atoms. The Bertz CT molecular complexity index is 832. The zero-order chi connectivity index (χ0) is 20.5. The van der Waals surface area contributed by atoms with Crippen LogP contribution in [-0.2, 0) is 11.2 Å². The van der Waals surface area contributed by atoms with Crippen LogP contribution in [0.25, 0.3) is 10.9 Å². The van der Waals surface area contributed by atoms with Crippen molar-refractivity contribution in [2.24, 2.45) is 4.99 Å². The number of H-pyrrole nitrogens is 1. The minimum absolute atomic E-state index is 0. The number of fused-ring (bicyclic) bond motifs is 1. The molecule has 0 radical (unpaired) electrons. The lowest BCUT2D eigenvalue weighted by Crippen LogP contribution is -2.38. The van der Waals surface area contributed by atoms with Crippen molar-refractivity contribution < 1.29 is 4.79 Å². The van der Waals surface area contributed by atoms with Crippen LogP contribution in [0.5, 0.6) is 0 Å². The smallest absolute Gasteiger partial charge is 0.222 e. The van der Waals surface area contributed by atoms with Gasteiger partial charge in [0.1, 0.15) is 0 Å². The SMILES string of the molecule is CCNC(=NCCCN1CCCCCC1=O)NCCc1c(C)[nH]c2ccccc12.I. The van der Waals surface area contributed by atoms with E-state index in [9.17, 15) is 4.79 Å². The number of aryl methyl sites for hydroxylation is 1. The van der Waals surface area contributed by atoms with Gasteiger partial charge in [-0.25, -0.2) is 0 Å². The van der Waals surface area contributed by atoms with Crippen LogP contribution in [0.3, 0.4) is 0 Å². The monoisotopic (exact) mass is 525 g/mol. The molecule has 0 spiro atoms. The summed E-state index contributed by atoms with van der Waals surface area (Å²) in [7, 11) is 0. The molecule has 1 aliphatic heterocycles. The summed E-state index contributed by atoms with van der Waals surface area (Å²) in [5.41, 5.74) is 3.80. The average molecular weight is 525 g/mol. The molecule has 1 amide bonds. The van der Waals surface area contributed by atoms with Crippen molar-refractivity contribution in [2.45, 2.75) is 52.4 Å². The molecule has 0 aliphatic carbocycles. The van der Waals surface area contributed by atoms with Gasteiger partial charge < -0.3 is 20.5 Å².